The molecule has 0 unspecified atom stereocenters. The number of hydrogen-bond donors (Lipinski definition) is 0. The predicted molar refractivity (Wildman–Crippen MR) is 93.5 cm³/mol. The van der Waals surface area contributed by atoms with E-state index in [4.69, 9.17) is 23.5 Å². The van der Waals surface area contributed by atoms with E-state index >= 15 is 0 Å². The molecule has 1 heterocycles. The summed E-state index contributed by atoms with van der Waals surface area (Å²) in [6.07, 6.45) is 0. The van der Waals surface area contributed by atoms with Gasteiger partial charge >= 0.3 is 0 Å². The van der Waals surface area contributed by atoms with Crippen LogP contribution in [0.4, 0.5) is 4.39 Å². The van der Waals surface area contributed by atoms with Crippen LogP contribution in [0.5, 0.6) is 23.0 Å². The molecule has 2 aromatic carbocycles. The molecule has 1 aromatic heterocycles. The van der Waals surface area contributed by atoms with E-state index in [0.29, 0.717) is 39.8 Å². The highest BCUT2D eigenvalue weighted by Crippen LogP contribution is 2.41. The van der Waals surface area contributed by atoms with Crippen LogP contribution in [0.15, 0.2) is 40.9 Å². The van der Waals surface area contributed by atoms with E-state index in [-0.39, 0.29) is 5.75 Å². The molecule has 0 saturated heterocycles. The van der Waals surface area contributed by atoms with Crippen molar-refractivity contribution in [1.82, 2.24) is 5.16 Å². The third-order valence-corrected chi connectivity index (χ3v) is 3.91. The van der Waals surface area contributed by atoms with E-state index < -0.39 is 5.82 Å². The van der Waals surface area contributed by atoms with Crippen molar-refractivity contribution < 1.29 is 27.9 Å². The summed E-state index contributed by atoms with van der Waals surface area (Å²) in [5.74, 6) is 1.65. The number of methoxy groups -OCH3 is 4. The van der Waals surface area contributed by atoms with Crippen molar-refractivity contribution in [2.45, 2.75) is 0 Å². The SMILES string of the molecule is COc1ccc(-c2cc(-c3cc(OC)c(OC)c(OC)c3)on2)cc1F. The Hall–Kier alpha value is -3.22. The molecule has 136 valence electrons. The Morgan fingerprint density at radius 2 is 1.42 bits per heavy atom. The number of halogens is 1. The van der Waals surface area contributed by atoms with Crippen LogP contribution >= 0.6 is 0 Å². The summed E-state index contributed by atoms with van der Waals surface area (Å²) in [6, 6.07) is 9.80. The summed E-state index contributed by atoms with van der Waals surface area (Å²) in [7, 11) is 6.02. The lowest BCUT2D eigenvalue weighted by molar-refractivity contribution is 0.324. The minimum Gasteiger partial charge on any atom is -0.494 e. The highest BCUT2D eigenvalue weighted by Gasteiger charge is 2.17. The van der Waals surface area contributed by atoms with Crippen molar-refractivity contribution in [1.29, 1.82) is 0 Å². The fraction of sp³-hybridized carbons (Fsp3) is 0.211. The van der Waals surface area contributed by atoms with Gasteiger partial charge in [0.25, 0.3) is 0 Å². The maximum Gasteiger partial charge on any atom is 0.203 e. The molecule has 0 radical (unpaired) electrons. The number of rotatable bonds is 6. The molecule has 0 amide bonds. The molecule has 0 saturated carbocycles. The summed E-state index contributed by atoms with van der Waals surface area (Å²) >= 11 is 0. The second-order valence-electron chi connectivity index (χ2n) is 5.34. The standard InChI is InChI=1S/C19H18FNO5/c1-22-15-6-5-11(7-13(15)20)14-10-16(26-21-14)12-8-17(23-2)19(25-4)18(9-12)24-3/h5-10H,1-4H3. The van der Waals surface area contributed by atoms with E-state index in [1.54, 1.807) is 30.3 Å². The topological polar surface area (TPSA) is 63.0 Å². The molecule has 0 aliphatic carbocycles. The molecule has 0 aliphatic heterocycles. The Kier molecular flexibility index (Phi) is 4.97. The zero-order valence-electron chi connectivity index (χ0n) is 14.8. The number of aromatic nitrogens is 1. The van der Waals surface area contributed by atoms with Gasteiger partial charge < -0.3 is 23.5 Å². The summed E-state index contributed by atoms with van der Waals surface area (Å²) in [5.41, 5.74) is 1.76. The first kappa shape index (κ1) is 17.6. The number of ether oxygens (including phenoxy) is 4. The van der Waals surface area contributed by atoms with Crippen molar-refractivity contribution in [2.75, 3.05) is 28.4 Å². The first-order chi connectivity index (χ1) is 12.6. The fourth-order valence-corrected chi connectivity index (χ4v) is 2.60. The third-order valence-electron chi connectivity index (χ3n) is 3.91. The zero-order chi connectivity index (χ0) is 18.7. The van der Waals surface area contributed by atoms with Gasteiger partial charge in [-0.3, -0.25) is 0 Å². The van der Waals surface area contributed by atoms with Gasteiger partial charge in [0.2, 0.25) is 5.75 Å². The van der Waals surface area contributed by atoms with Gasteiger partial charge in [0, 0.05) is 17.2 Å². The maximum atomic E-state index is 13.9. The molecule has 26 heavy (non-hydrogen) atoms. The van der Waals surface area contributed by atoms with Gasteiger partial charge in [-0.05, 0) is 30.3 Å². The average Bonchev–Trinajstić information content (AvgIpc) is 3.16. The lowest BCUT2D eigenvalue weighted by atomic mass is 10.1. The van der Waals surface area contributed by atoms with Crippen LogP contribution in [-0.4, -0.2) is 33.6 Å². The van der Waals surface area contributed by atoms with Gasteiger partial charge in [-0.25, -0.2) is 4.39 Å². The van der Waals surface area contributed by atoms with Crippen molar-refractivity contribution in [3.05, 3.63) is 42.2 Å². The Morgan fingerprint density at radius 3 is 1.96 bits per heavy atom. The van der Waals surface area contributed by atoms with Gasteiger partial charge in [-0.2, -0.15) is 0 Å². The summed E-state index contributed by atoms with van der Waals surface area (Å²) < 4.78 is 40.3. The molecule has 0 fully saturated rings. The van der Waals surface area contributed by atoms with Crippen LogP contribution in [0.3, 0.4) is 0 Å². The number of nitrogens with zero attached hydrogens (tertiary/aromatic N) is 1. The molecule has 0 atom stereocenters. The second kappa shape index (κ2) is 7.35. The molecule has 7 heteroatoms. The Balaban J connectivity index is 2.01. The third kappa shape index (κ3) is 3.15. The molecular formula is C19H18FNO5. The monoisotopic (exact) mass is 359 g/mol. The first-order valence-electron chi connectivity index (χ1n) is 7.72. The Bertz CT molecular complexity index is 897. The number of benzene rings is 2. The van der Waals surface area contributed by atoms with Crippen molar-refractivity contribution in [3.8, 4) is 45.6 Å². The zero-order valence-corrected chi connectivity index (χ0v) is 14.8. The molecule has 0 spiro atoms. The van der Waals surface area contributed by atoms with E-state index in [2.05, 4.69) is 5.16 Å². The maximum absolute atomic E-state index is 13.9. The molecule has 3 rings (SSSR count). The highest BCUT2D eigenvalue weighted by atomic mass is 19.1. The molecular weight excluding hydrogens is 341 g/mol. The van der Waals surface area contributed by atoms with Gasteiger partial charge in [0.15, 0.2) is 28.8 Å². The van der Waals surface area contributed by atoms with Crippen molar-refractivity contribution in [3.63, 3.8) is 0 Å². The average molecular weight is 359 g/mol. The van der Waals surface area contributed by atoms with Gasteiger partial charge in [-0.15, -0.1) is 0 Å². The van der Waals surface area contributed by atoms with Crippen LogP contribution in [-0.2, 0) is 0 Å². The minimum absolute atomic E-state index is 0.169. The summed E-state index contributed by atoms with van der Waals surface area (Å²) in [6.45, 7) is 0. The van der Waals surface area contributed by atoms with E-state index in [1.807, 2.05) is 0 Å². The molecule has 0 N–H and O–H groups in total. The second-order valence-corrected chi connectivity index (χ2v) is 5.34. The van der Waals surface area contributed by atoms with Crippen LogP contribution in [0.25, 0.3) is 22.6 Å². The highest BCUT2D eigenvalue weighted by molar-refractivity contribution is 5.71. The van der Waals surface area contributed by atoms with Crippen LogP contribution in [0, 0.1) is 5.82 Å². The predicted octanol–water partition coefficient (Wildman–Crippen LogP) is 4.18. The fourth-order valence-electron chi connectivity index (χ4n) is 2.60. The lowest BCUT2D eigenvalue weighted by Gasteiger charge is -2.12. The van der Waals surface area contributed by atoms with Gasteiger partial charge in [0.1, 0.15) is 5.69 Å². The van der Waals surface area contributed by atoms with Crippen LogP contribution in [0.2, 0.25) is 0 Å². The summed E-state index contributed by atoms with van der Waals surface area (Å²) in [5, 5.41) is 4.02. The van der Waals surface area contributed by atoms with Crippen molar-refractivity contribution in [2.24, 2.45) is 0 Å². The van der Waals surface area contributed by atoms with E-state index in [0.717, 1.165) is 0 Å². The van der Waals surface area contributed by atoms with E-state index in [9.17, 15) is 4.39 Å². The minimum atomic E-state index is -0.470. The first-order valence-corrected chi connectivity index (χ1v) is 7.72. The molecule has 3 aromatic rings. The lowest BCUT2D eigenvalue weighted by Crippen LogP contribution is -1.95. The Labute approximate surface area is 150 Å². The van der Waals surface area contributed by atoms with E-state index in [1.165, 1.54) is 34.5 Å². The Morgan fingerprint density at radius 1 is 0.769 bits per heavy atom. The molecule has 0 aliphatic rings. The summed E-state index contributed by atoms with van der Waals surface area (Å²) in [4.78, 5) is 0. The molecule has 6 nitrogen and oxygen atoms in total. The largest absolute Gasteiger partial charge is 0.494 e. The number of hydrogen-bond acceptors (Lipinski definition) is 6. The van der Waals surface area contributed by atoms with Crippen LogP contribution in [0.1, 0.15) is 0 Å². The van der Waals surface area contributed by atoms with Crippen molar-refractivity contribution >= 4 is 0 Å². The smallest absolute Gasteiger partial charge is 0.203 e. The van der Waals surface area contributed by atoms with Gasteiger partial charge in [0.05, 0.1) is 28.4 Å². The molecule has 0 bridgehead atoms. The quantitative estimate of drug-likeness (QED) is 0.658. The van der Waals surface area contributed by atoms with Gasteiger partial charge in [-0.1, -0.05) is 5.16 Å². The van der Waals surface area contributed by atoms with Crippen LogP contribution < -0.4 is 18.9 Å². The normalized spacial score (nSPS) is 10.5.